The largest absolute Gasteiger partial charge is 0.493 e. The summed E-state index contributed by atoms with van der Waals surface area (Å²) < 4.78 is 42.2. The fourth-order valence-electron chi connectivity index (χ4n) is 1.20. The van der Waals surface area contributed by atoms with Crippen LogP contribution in [-0.2, 0) is 0 Å². The molecular formula is C11H14F3NO. The molecule has 2 nitrogen and oxygen atoms in total. The van der Waals surface area contributed by atoms with Gasteiger partial charge in [-0.1, -0.05) is 18.2 Å². The maximum Gasteiger partial charge on any atom is 0.396 e. The minimum Gasteiger partial charge on any atom is -0.493 e. The highest BCUT2D eigenvalue weighted by Crippen LogP contribution is 2.26. The third kappa shape index (κ3) is 3.41. The second-order valence-electron chi connectivity index (χ2n) is 3.55. The number of nitrogens with two attached hydrogens (primary N) is 1. The van der Waals surface area contributed by atoms with Crippen LogP contribution in [0.2, 0.25) is 0 Å². The van der Waals surface area contributed by atoms with E-state index in [0.29, 0.717) is 5.75 Å². The fourth-order valence-corrected chi connectivity index (χ4v) is 1.20. The van der Waals surface area contributed by atoms with E-state index in [2.05, 4.69) is 0 Å². The van der Waals surface area contributed by atoms with Gasteiger partial charge in [-0.2, -0.15) is 13.2 Å². The number of hydrogen-bond acceptors (Lipinski definition) is 2. The first kappa shape index (κ1) is 12.8. The third-order valence-corrected chi connectivity index (χ3v) is 2.28. The molecule has 0 aromatic heterocycles. The van der Waals surface area contributed by atoms with E-state index in [0.717, 1.165) is 5.56 Å². The molecule has 1 aromatic rings. The van der Waals surface area contributed by atoms with Crippen LogP contribution in [0, 0.1) is 12.8 Å². The summed E-state index contributed by atoms with van der Waals surface area (Å²) in [6.07, 6.45) is -4.31. The summed E-state index contributed by atoms with van der Waals surface area (Å²) in [6, 6.07) is 6.93. The van der Waals surface area contributed by atoms with Gasteiger partial charge in [0.15, 0.2) is 0 Å². The van der Waals surface area contributed by atoms with Gasteiger partial charge in [0.25, 0.3) is 0 Å². The van der Waals surface area contributed by atoms with Gasteiger partial charge >= 0.3 is 6.18 Å². The number of rotatable bonds is 4. The van der Waals surface area contributed by atoms with Crippen LogP contribution in [0.1, 0.15) is 5.56 Å². The van der Waals surface area contributed by atoms with Crippen molar-refractivity contribution in [2.45, 2.75) is 13.1 Å². The van der Waals surface area contributed by atoms with Crippen molar-refractivity contribution in [3.05, 3.63) is 29.8 Å². The van der Waals surface area contributed by atoms with E-state index < -0.39 is 25.2 Å². The first-order valence-electron chi connectivity index (χ1n) is 4.90. The number of para-hydroxylation sites is 1. The molecule has 0 saturated heterocycles. The summed E-state index contributed by atoms with van der Waals surface area (Å²) in [7, 11) is 0. The van der Waals surface area contributed by atoms with Gasteiger partial charge in [0.1, 0.15) is 18.3 Å². The summed E-state index contributed by atoms with van der Waals surface area (Å²) >= 11 is 0. The van der Waals surface area contributed by atoms with Crippen molar-refractivity contribution in [2.24, 2.45) is 11.7 Å². The first-order valence-corrected chi connectivity index (χ1v) is 4.90. The number of hydrogen-bond donors (Lipinski definition) is 1. The molecule has 0 bridgehead atoms. The van der Waals surface area contributed by atoms with Crippen molar-refractivity contribution >= 4 is 0 Å². The molecule has 1 unspecified atom stereocenters. The van der Waals surface area contributed by atoms with Crippen molar-refractivity contribution in [1.82, 2.24) is 0 Å². The second kappa shape index (κ2) is 5.21. The Morgan fingerprint density at radius 3 is 2.44 bits per heavy atom. The molecule has 1 rings (SSSR count). The van der Waals surface area contributed by atoms with Gasteiger partial charge in [-0.3, -0.25) is 0 Å². The SMILES string of the molecule is Cc1ccccc1OCC(CN)C(F)(F)F. The quantitative estimate of drug-likeness (QED) is 0.867. The zero-order chi connectivity index (χ0) is 12.2. The highest BCUT2D eigenvalue weighted by molar-refractivity contribution is 5.31. The molecule has 1 atom stereocenters. The van der Waals surface area contributed by atoms with E-state index in [1.54, 1.807) is 31.2 Å². The Morgan fingerprint density at radius 1 is 1.31 bits per heavy atom. The second-order valence-corrected chi connectivity index (χ2v) is 3.55. The Kier molecular flexibility index (Phi) is 4.18. The van der Waals surface area contributed by atoms with Crippen LogP contribution in [-0.4, -0.2) is 19.3 Å². The van der Waals surface area contributed by atoms with Crippen LogP contribution < -0.4 is 10.5 Å². The highest BCUT2D eigenvalue weighted by atomic mass is 19.4. The molecule has 0 heterocycles. The summed E-state index contributed by atoms with van der Waals surface area (Å²) in [4.78, 5) is 0. The Labute approximate surface area is 92.2 Å². The van der Waals surface area contributed by atoms with Gasteiger partial charge < -0.3 is 10.5 Å². The van der Waals surface area contributed by atoms with E-state index in [4.69, 9.17) is 10.5 Å². The number of aryl methyl sites for hydroxylation is 1. The lowest BCUT2D eigenvalue weighted by molar-refractivity contribution is -0.178. The van der Waals surface area contributed by atoms with Crippen LogP contribution in [0.15, 0.2) is 24.3 Å². The lowest BCUT2D eigenvalue weighted by atomic mass is 10.1. The topological polar surface area (TPSA) is 35.2 Å². The summed E-state index contributed by atoms with van der Waals surface area (Å²) in [6.45, 7) is 0.876. The highest BCUT2D eigenvalue weighted by Gasteiger charge is 2.39. The van der Waals surface area contributed by atoms with Crippen molar-refractivity contribution in [2.75, 3.05) is 13.2 Å². The number of halogens is 3. The summed E-state index contributed by atoms with van der Waals surface area (Å²) in [5, 5.41) is 0. The van der Waals surface area contributed by atoms with Crippen molar-refractivity contribution in [3.8, 4) is 5.75 Å². The molecular weight excluding hydrogens is 219 g/mol. The summed E-state index contributed by atoms with van der Waals surface area (Å²) in [5.41, 5.74) is 5.87. The number of benzene rings is 1. The lowest BCUT2D eigenvalue weighted by Gasteiger charge is -2.19. The van der Waals surface area contributed by atoms with Gasteiger partial charge in [-0.15, -0.1) is 0 Å². The molecule has 0 aliphatic rings. The van der Waals surface area contributed by atoms with Crippen LogP contribution in [0.3, 0.4) is 0 Å². The van der Waals surface area contributed by atoms with E-state index >= 15 is 0 Å². The molecule has 16 heavy (non-hydrogen) atoms. The summed E-state index contributed by atoms with van der Waals surface area (Å²) in [5.74, 6) is -1.16. The monoisotopic (exact) mass is 233 g/mol. The van der Waals surface area contributed by atoms with Crippen molar-refractivity contribution in [1.29, 1.82) is 0 Å². The molecule has 0 spiro atoms. The van der Waals surface area contributed by atoms with Crippen LogP contribution in [0.4, 0.5) is 13.2 Å². The normalized spacial score (nSPS) is 13.6. The van der Waals surface area contributed by atoms with Crippen LogP contribution in [0.25, 0.3) is 0 Å². The maximum absolute atomic E-state index is 12.4. The molecule has 0 saturated carbocycles. The predicted molar refractivity (Wildman–Crippen MR) is 55.3 cm³/mol. The van der Waals surface area contributed by atoms with E-state index in [9.17, 15) is 13.2 Å². The minimum absolute atomic E-state index is 0.440. The van der Waals surface area contributed by atoms with E-state index in [-0.39, 0.29) is 0 Å². The fraction of sp³-hybridized carbons (Fsp3) is 0.455. The van der Waals surface area contributed by atoms with Gasteiger partial charge in [-0.25, -0.2) is 0 Å². The molecule has 1 aromatic carbocycles. The first-order chi connectivity index (χ1) is 7.45. The van der Waals surface area contributed by atoms with Gasteiger partial charge in [-0.05, 0) is 18.6 Å². The van der Waals surface area contributed by atoms with E-state index in [1.807, 2.05) is 0 Å². The van der Waals surface area contributed by atoms with E-state index in [1.165, 1.54) is 0 Å². The lowest BCUT2D eigenvalue weighted by Crippen LogP contribution is -2.35. The minimum atomic E-state index is -4.31. The smallest absolute Gasteiger partial charge is 0.396 e. The molecule has 5 heteroatoms. The molecule has 0 fully saturated rings. The van der Waals surface area contributed by atoms with Gasteiger partial charge in [0.05, 0.1) is 0 Å². The number of alkyl halides is 3. The zero-order valence-corrected chi connectivity index (χ0v) is 8.92. The average Bonchev–Trinajstić information content (AvgIpc) is 2.19. The Bertz CT molecular complexity index is 338. The number of ether oxygens (including phenoxy) is 1. The molecule has 0 radical (unpaired) electrons. The van der Waals surface area contributed by atoms with Crippen LogP contribution >= 0.6 is 0 Å². The molecule has 0 aliphatic heterocycles. The Hall–Kier alpha value is -1.23. The maximum atomic E-state index is 12.4. The Balaban J connectivity index is 2.60. The molecule has 2 N–H and O–H groups in total. The average molecular weight is 233 g/mol. The Morgan fingerprint density at radius 2 is 1.94 bits per heavy atom. The zero-order valence-electron chi connectivity index (χ0n) is 8.92. The third-order valence-electron chi connectivity index (χ3n) is 2.28. The predicted octanol–water partition coefficient (Wildman–Crippen LogP) is 2.51. The standard InChI is InChI=1S/C11H14F3NO/c1-8-4-2-3-5-10(8)16-7-9(6-15)11(12,13)14/h2-5,9H,6-7,15H2,1H3. The van der Waals surface area contributed by atoms with Crippen molar-refractivity contribution in [3.63, 3.8) is 0 Å². The van der Waals surface area contributed by atoms with Crippen molar-refractivity contribution < 1.29 is 17.9 Å². The molecule has 0 aliphatic carbocycles. The molecule has 0 amide bonds. The van der Waals surface area contributed by atoms with Gasteiger partial charge in [0.2, 0.25) is 0 Å². The molecule has 90 valence electrons. The van der Waals surface area contributed by atoms with Gasteiger partial charge in [0, 0.05) is 6.54 Å². The van der Waals surface area contributed by atoms with Crippen LogP contribution in [0.5, 0.6) is 5.75 Å².